The summed E-state index contributed by atoms with van der Waals surface area (Å²) in [6.45, 7) is 2.49. The van der Waals surface area contributed by atoms with E-state index in [9.17, 15) is 0 Å². The first-order chi connectivity index (χ1) is 12.9. The van der Waals surface area contributed by atoms with Gasteiger partial charge in [0.2, 0.25) is 0 Å². The van der Waals surface area contributed by atoms with Crippen LogP contribution in [0.3, 0.4) is 0 Å². The van der Waals surface area contributed by atoms with Gasteiger partial charge in [0.15, 0.2) is 5.58 Å². The van der Waals surface area contributed by atoms with Crippen LogP contribution in [0.15, 0.2) is 70.6 Å². The number of rotatable bonds is 8. The molecule has 27 heavy (non-hydrogen) atoms. The van der Waals surface area contributed by atoms with Crippen molar-refractivity contribution in [2.45, 2.75) is 13.0 Å². The highest BCUT2D eigenvalue weighted by Gasteiger charge is 2.12. The van der Waals surface area contributed by atoms with E-state index in [0.29, 0.717) is 6.61 Å². The van der Waals surface area contributed by atoms with Crippen LogP contribution in [0.4, 0.5) is 0 Å². The molecule has 0 aliphatic carbocycles. The number of nitrogens with one attached hydrogen (secondary N) is 1. The molecule has 0 atom stereocenters. The second kappa shape index (κ2) is 9.55. The highest BCUT2D eigenvalue weighted by molar-refractivity contribution is 7.17. The molecule has 4 aromatic rings. The number of hydrogen-bond acceptors (Lipinski definition) is 5. The minimum Gasteiger partial charge on any atom is -0.494 e. The third-order valence-electron chi connectivity index (χ3n) is 4.13. The van der Waals surface area contributed by atoms with Crippen molar-refractivity contribution >= 4 is 34.0 Å². The van der Waals surface area contributed by atoms with Gasteiger partial charge in [-0.2, -0.15) is 0 Å². The van der Waals surface area contributed by atoms with E-state index in [2.05, 4.69) is 34.7 Å². The third-order valence-corrected chi connectivity index (χ3v) is 5.03. The van der Waals surface area contributed by atoms with Crippen molar-refractivity contribution in [1.29, 1.82) is 0 Å². The second-order valence-electron chi connectivity index (χ2n) is 6.04. The molecule has 2 heterocycles. The van der Waals surface area contributed by atoms with Crippen LogP contribution in [0, 0.1) is 0 Å². The number of nitrogens with zero attached hydrogens (tertiary/aromatic N) is 1. The van der Waals surface area contributed by atoms with Gasteiger partial charge in [-0.15, -0.1) is 23.7 Å². The van der Waals surface area contributed by atoms with Crippen LogP contribution in [0.5, 0.6) is 5.75 Å². The summed E-state index contributed by atoms with van der Waals surface area (Å²) in [5.74, 6) is 0.860. The molecule has 4 rings (SSSR count). The number of ether oxygens (including phenoxy) is 1. The Kier molecular flexibility index (Phi) is 6.87. The lowest BCUT2D eigenvalue weighted by atomic mass is 10.1. The van der Waals surface area contributed by atoms with E-state index in [-0.39, 0.29) is 12.4 Å². The van der Waals surface area contributed by atoms with Crippen molar-refractivity contribution in [3.63, 3.8) is 0 Å². The molecule has 140 valence electrons. The Hall–Kier alpha value is -2.34. The summed E-state index contributed by atoms with van der Waals surface area (Å²) >= 11 is 1.64. The second-order valence-corrected chi connectivity index (χ2v) is 6.95. The molecule has 0 spiro atoms. The molecule has 1 N–H and O–H groups in total. The van der Waals surface area contributed by atoms with Crippen LogP contribution in [0.25, 0.3) is 21.5 Å². The van der Waals surface area contributed by atoms with E-state index in [4.69, 9.17) is 9.26 Å². The van der Waals surface area contributed by atoms with Gasteiger partial charge >= 0.3 is 0 Å². The molecule has 2 aromatic carbocycles. The number of benzene rings is 2. The molecule has 0 saturated heterocycles. The Morgan fingerprint density at radius 2 is 1.93 bits per heavy atom. The number of hydrogen-bond donors (Lipinski definition) is 1. The first-order valence-electron chi connectivity index (χ1n) is 8.71. The lowest BCUT2D eigenvalue weighted by Gasteiger charge is -2.08. The summed E-state index contributed by atoms with van der Waals surface area (Å²) in [5, 5.41) is 9.64. The topological polar surface area (TPSA) is 47.3 Å². The zero-order chi connectivity index (χ0) is 17.6. The smallest absolute Gasteiger partial charge is 0.178 e. The van der Waals surface area contributed by atoms with Crippen molar-refractivity contribution in [1.82, 2.24) is 10.5 Å². The van der Waals surface area contributed by atoms with Crippen LogP contribution < -0.4 is 10.1 Å². The maximum atomic E-state index is 5.90. The number of halogens is 1. The van der Waals surface area contributed by atoms with E-state index < -0.39 is 0 Å². The molecule has 0 aliphatic rings. The first kappa shape index (κ1) is 19.4. The maximum absolute atomic E-state index is 5.90. The molecule has 0 fully saturated rings. The fourth-order valence-electron chi connectivity index (χ4n) is 2.81. The van der Waals surface area contributed by atoms with Gasteiger partial charge in [0.05, 0.1) is 6.61 Å². The van der Waals surface area contributed by atoms with Crippen LogP contribution in [-0.2, 0) is 6.54 Å². The van der Waals surface area contributed by atoms with Crippen molar-refractivity contribution in [3.8, 4) is 17.0 Å². The Morgan fingerprint density at radius 3 is 2.81 bits per heavy atom. The zero-order valence-corrected chi connectivity index (χ0v) is 16.4. The lowest BCUT2D eigenvalue weighted by Crippen LogP contribution is -2.16. The van der Waals surface area contributed by atoms with Gasteiger partial charge in [-0.25, -0.2) is 0 Å². The Morgan fingerprint density at radius 1 is 1.04 bits per heavy atom. The predicted octanol–water partition coefficient (Wildman–Crippen LogP) is 5.54. The summed E-state index contributed by atoms with van der Waals surface area (Å²) in [5.41, 5.74) is 4.03. The van der Waals surface area contributed by atoms with Crippen LogP contribution in [0.2, 0.25) is 0 Å². The molecular formula is C21H21ClN2O2S. The van der Waals surface area contributed by atoms with Gasteiger partial charge in [-0.05, 0) is 42.1 Å². The van der Waals surface area contributed by atoms with Crippen molar-refractivity contribution in [3.05, 3.63) is 71.6 Å². The standard InChI is InChI=1S/C21H20N2O2S.ClH/c1-2-6-16(7-3-1)15-22-11-5-12-24-18-9-4-8-17(14-18)20-21-19(25-23-20)10-13-26-21;/h1-4,6-10,13-14,22H,5,11-12,15H2;1H. The predicted molar refractivity (Wildman–Crippen MR) is 113 cm³/mol. The summed E-state index contributed by atoms with van der Waals surface area (Å²) in [6, 6.07) is 20.4. The molecule has 0 amide bonds. The van der Waals surface area contributed by atoms with Gasteiger partial charge in [-0.3, -0.25) is 0 Å². The third kappa shape index (κ3) is 4.89. The van der Waals surface area contributed by atoms with Crippen LogP contribution in [-0.4, -0.2) is 18.3 Å². The van der Waals surface area contributed by atoms with E-state index in [0.717, 1.165) is 46.8 Å². The van der Waals surface area contributed by atoms with Gasteiger partial charge in [0.1, 0.15) is 16.1 Å². The lowest BCUT2D eigenvalue weighted by molar-refractivity contribution is 0.308. The van der Waals surface area contributed by atoms with Crippen LogP contribution in [0.1, 0.15) is 12.0 Å². The average Bonchev–Trinajstić information content (AvgIpc) is 3.29. The van der Waals surface area contributed by atoms with Gasteiger partial charge in [-0.1, -0.05) is 47.6 Å². The first-order valence-corrected chi connectivity index (χ1v) is 9.59. The molecule has 0 radical (unpaired) electrons. The van der Waals surface area contributed by atoms with Gasteiger partial charge in [0.25, 0.3) is 0 Å². The molecule has 0 aliphatic heterocycles. The number of thiophene rings is 1. The minimum absolute atomic E-state index is 0. The largest absolute Gasteiger partial charge is 0.494 e. The Balaban J connectivity index is 0.00000210. The quantitative estimate of drug-likeness (QED) is 0.394. The molecule has 2 aromatic heterocycles. The highest BCUT2D eigenvalue weighted by atomic mass is 35.5. The van der Waals surface area contributed by atoms with E-state index in [1.165, 1.54) is 5.56 Å². The fourth-order valence-corrected chi connectivity index (χ4v) is 3.63. The maximum Gasteiger partial charge on any atom is 0.178 e. The van der Waals surface area contributed by atoms with Crippen molar-refractivity contribution in [2.75, 3.05) is 13.2 Å². The zero-order valence-electron chi connectivity index (χ0n) is 14.8. The SMILES string of the molecule is Cl.c1ccc(CNCCCOc2cccc(-c3noc4ccsc34)c2)cc1. The van der Waals surface area contributed by atoms with E-state index in [1.807, 2.05) is 41.8 Å². The number of fused-ring (bicyclic) bond motifs is 1. The number of aromatic nitrogens is 1. The molecular weight excluding hydrogens is 380 g/mol. The Labute approximate surface area is 168 Å². The van der Waals surface area contributed by atoms with E-state index in [1.54, 1.807) is 11.3 Å². The monoisotopic (exact) mass is 400 g/mol. The summed E-state index contributed by atoms with van der Waals surface area (Å²) < 4.78 is 12.3. The Bertz CT molecular complexity index is 968. The molecule has 6 heteroatoms. The van der Waals surface area contributed by atoms with Crippen molar-refractivity contribution < 1.29 is 9.26 Å². The van der Waals surface area contributed by atoms with Gasteiger partial charge in [0, 0.05) is 12.1 Å². The summed E-state index contributed by atoms with van der Waals surface area (Å²) in [7, 11) is 0. The minimum atomic E-state index is 0. The molecule has 0 unspecified atom stereocenters. The average molecular weight is 401 g/mol. The van der Waals surface area contributed by atoms with E-state index >= 15 is 0 Å². The molecule has 0 saturated carbocycles. The molecule has 4 nitrogen and oxygen atoms in total. The van der Waals surface area contributed by atoms with Gasteiger partial charge < -0.3 is 14.6 Å². The van der Waals surface area contributed by atoms with Crippen LogP contribution >= 0.6 is 23.7 Å². The summed E-state index contributed by atoms with van der Waals surface area (Å²) in [6.07, 6.45) is 0.955. The summed E-state index contributed by atoms with van der Waals surface area (Å²) in [4.78, 5) is 0. The fraction of sp³-hybridized carbons (Fsp3) is 0.190. The molecule has 0 bridgehead atoms. The van der Waals surface area contributed by atoms with Crippen molar-refractivity contribution in [2.24, 2.45) is 0 Å². The normalized spacial score (nSPS) is 10.7. The highest BCUT2D eigenvalue weighted by Crippen LogP contribution is 2.33.